The average molecular weight is 1270 g/mol. The van der Waals surface area contributed by atoms with Crippen LogP contribution in [0.4, 0.5) is 0 Å². The summed E-state index contributed by atoms with van der Waals surface area (Å²) in [7, 11) is 0. The monoisotopic (exact) mass is 1270 g/mol. The Morgan fingerprint density at radius 2 is 0.900 bits per heavy atom. The van der Waals surface area contributed by atoms with E-state index in [1.165, 1.54) is 18.7 Å². The molecule has 40 heteroatoms. The maximum absolute atomic E-state index is 14.1. The fraction of sp³-hybridized carbons (Fsp3) is 0.460. The maximum Gasteiger partial charge on any atom is 0.326 e. The van der Waals surface area contributed by atoms with E-state index in [0.29, 0.717) is 16.5 Å². The number of rotatable bonds is 39. The maximum atomic E-state index is 14.1. The quantitative estimate of drug-likeness (QED) is 0.0252. The van der Waals surface area contributed by atoms with Crippen molar-refractivity contribution in [1.29, 1.82) is 0 Å². The van der Waals surface area contributed by atoms with E-state index in [-0.39, 0.29) is 12.1 Å². The van der Waals surface area contributed by atoms with Gasteiger partial charge in [0.1, 0.15) is 54.4 Å². The molecule has 0 bridgehead atoms. The summed E-state index contributed by atoms with van der Waals surface area (Å²) in [6.07, 6.45) is -1.16. The predicted octanol–water partition coefficient (Wildman–Crippen LogP) is -13.6. The highest BCUT2D eigenvalue weighted by molar-refractivity contribution is 6.00. The molecule has 15 amide bonds. The zero-order valence-corrected chi connectivity index (χ0v) is 47.8. The number of nitrogens with one attached hydrogen (secondary N) is 14. The number of aromatic amines is 2. The second-order valence-corrected chi connectivity index (χ2v) is 19.6. The number of amides is 15. The molecule has 0 fully saturated rings. The van der Waals surface area contributed by atoms with Gasteiger partial charge in [-0.25, -0.2) is 9.78 Å². The number of aliphatic carboxylic acids is 1. The number of aliphatic hydroxyl groups excluding tert-OH is 4. The van der Waals surface area contributed by atoms with Crippen molar-refractivity contribution >= 4 is 105 Å². The van der Waals surface area contributed by atoms with Crippen LogP contribution in [0.1, 0.15) is 37.4 Å². The van der Waals surface area contributed by atoms with Crippen molar-refractivity contribution in [2.45, 2.75) is 99.5 Å². The Morgan fingerprint density at radius 1 is 0.489 bits per heavy atom. The summed E-state index contributed by atoms with van der Waals surface area (Å²) in [4.78, 5) is 214. The lowest BCUT2D eigenvalue weighted by Crippen LogP contribution is -2.62. The molecule has 0 spiro atoms. The first-order chi connectivity index (χ1) is 42.5. The van der Waals surface area contributed by atoms with Crippen LogP contribution in [0.5, 0.6) is 0 Å². The van der Waals surface area contributed by atoms with E-state index in [1.807, 2.05) is 21.3 Å². The molecule has 0 saturated heterocycles. The Bertz CT molecular complexity index is 3100. The van der Waals surface area contributed by atoms with E-state index >= 15 is 0 Å². The number of fused-ring (bicyclic) bond motifs is 1. The number of carbonyl (C=O) groups excluding carboxylic acids is 15. The fourth-order valence-electron chi connectivity index (χ4n) is 7.94. The molecule has 40 nitrogen and oxygen atoms in total. The van der Waals surface area contributed by atoms with Crippen LogP contribution >= 0.6 is 0 Å². The van der Waals surface area contributed by atoms with Crippen LogP contribution in [0, 0.1) is 0 Å². The average Bonchev–Trinajstić information content (AvgIpc) is 1.82. The largest absolute Gasteiger partial charge is 0.480 e. The number of carbonyl (C=O) groups is 16. The summed E-state index contributed by atoms with van der Waals surface area (Å²) >= 11 is 0. The van der Waals surface area contributed by atoms with Crippen molar-refractivity contribution in [1.82, 2.24) is 78.8 Å². The number of primary amides is 3. The molecule has 492 valence electrons. The molecule has 10 atom stereocenters. The topological polar surface area (TPSA) is 667 Å². The molecule has 0 aliphatic carbocycles. The van der Waals surface area contributed by atoms with Gasteiger partial charge in [-0.05, 0) is 18.6 Å². The highest BCUT2D eigenvalue weighted by atomic mass is 16.4. The third-order valence-corrected chi connectivity index (χ3v) is 12.5. The molecule has 0 aliphatic rings. The molecule has 2 heterocycles. The van der Waals surface area contributed by atoms with Crippen LogP contribution in [0.3, 0.4) is 0 Å². The Morgan fingerprint density at radius 3 is 1.38 bits per heavy atom. The third kappa shape index (κ3) is 24.6. The zero-order valence-electron chi connectivity index (χ0n) is 47.8. The lowest BCUT2D eigenvalue weighted by Gasteiger charge is -2.27. The summed E-state index contributed by atoms with van der Waals surface area (Å²) in [6.45, 7) is -5.70. The standard InChI is InChI=1S/C50H71N19O21/c1-21(73)41(69-40(80)16-59-43(82)28(8-34(52)74)61-38(78)14-57-37(77)11-51)49(88)68-33(19-72)48(87)67-32(18-71)47(86)66-31(17-70)46(85)64-27(7-23-13-55-20-60-23)44(83)65-29(9-35(53)75)45(84)63-26(6-22-12-56-25-5-3-2-4-24(22)25)42(81)58-15-39(79)62-30(50(89)90)10-36(54)76/h2-5,12-13,20-21,26-33,41,56,70-73H,6-11,14-19,51H2,1H3,(H2,52,74)(H2,53,75)(H2,54,76)(H,55,60)(H,57,77)(H,58,81)(H,59,82)(H,61,78)(H,62,79)(H,63,84)(H,64,85)(H,65,83)(H,66,86)(H,67,87)(H,68,88)(H,69,80)(H,89,90)/t21-,26+,27+,28+,29+,30+,31+,32+,33+,41+/m1/s1. The lowest BCUT2D eigenvalue weighted by molar-refractivity contribution is -0.143. The van der Waals surface area contributed by atoms with E-state index in [2.05, 4.69) is 57.5 Å². The molecule has 0 unspecified atom stereocenters. The van der Waals surface area contributed by atoms with Crippen molar-refractivity contribution in [2.24, 2.45) is 22.9 Å². The van der Waals surface area contributed by atoms with Crippen LogP contribution in [-0.2, 0) is 89.6 Å². The van der Waals surface area contributed by atoms with Gasteiger partial charge < -0.3 is 122 Å². The number of carboxylic acids is 1. The first-order valence-corrected chi connectivity index (χ1v) is 26.8. The van der Waals surface area contributed by atoms with Gasteiger partial charge >= 0.3 is 5.97 Å². The van der Waals surface area contributed by atoms with E-state index < -0.39 is 227 Å². The number of nitrogens with two attached hydrogens (primary N) is 4. The lowest BCUT2D eigenvalue weighted by atomic mass is 10.0. The van der Waals surface area contributed by atoms with Gasteiger partial charge in [0.05, 0.1) is 77.7 Å². The normalized spacial score (nSPS) is 14.2. The zero-order chi connectivity index (χ0) is 67.4. The number of H-pyrrole nitrogens is 2. The van der Waals surface area contributed by atoms with Gasteiger partial charge in [0.2, 0.25) is 88.6 Å². The van der Waals surface area contributed by atoms with Crippen molar-refractivity contribution < 1.29 is 102 Å². The smallest absolute Gasteiger partial charge is 0.326 e. The van der Waals surface area contributed by atoms with Gasteiger partial charge in [0, 0.05) is 41.8 Å². The fourth-order valence-corrected chi connectivity index (χ4v) is 7.94. The Labute approximate surface area is 508 Å². The molecule has 90 heavy (non-hydrogen) atoms. The van der Waals surface area contributed by atoms with Crippen molar-refractivity contribution in [3.63, 3.8) is 0 Å². The number of hydrogen-bond acceptors (Lipinski definition) is 22. The van der Waals surface area contributed by atoms with E-state index in [4.69, 9.17) is 22.9 Å². The van der Waals surface area contributed by atoms with Gasteiger partial charge in [-0.1, -0.05) is 18.2 Å². The molecule has 0 radical (unpaired) electrons. The number of hydrogen-bond donors (Lipinski definition) is 23. The summed E-state index contributed by atoms with van der Waals surface area (Å²) in [5.41, 5.74) is 22.0. The minimum absolute atomic E-state index is 0.157. The van der Waals surface area contributed by atoms with Gasteiger partial charge in [-0.3, -0.25) is 71.9 Å². The molecule has 3 rings (SSSR count). The number of para-hydroxylation sites is 1. The van der Waals surface area contributed by atoms with Gasteiger partial charge in [-0.15, -0.1) is 0 Å². The Hall–Kier alpha value is -10.7. The summed E-state index contributed by atoms with van der Waals surface area (Å²) in [5, 5.41) is 76.4. The van der Waals surface area contributed by atoms with Crippen LogP contribution in [-0.4, -0.2) is 242 Å². The predicted molar refractivity (Wildman–Crippen MR) is 302 cm³/mol. The Balaban J connectivity index is 1.75. The van der Waals surface area contributed by atoms with Crippen LogP contribution < -0.4 is 86.7 Å². The van der Waals surface area contributed by atoms with Crippen LogP contribution in [0.15, 0.2) is 43.0 Å². The third-order valence-electron chi connectivity index (χ3n) is 12.5. The minimum atomic E-state index is -2.04. The summed E-state index contributed by atoms with van der Waals surface area (Å²) in [6, 6.07) is -10.0. The SMILES string of the molecule is C[C@@H](O)[C@H](NC(=O)CNC(=O)[C@H](CC(N)=O)NC(=O)CNC(=O)CN)C(=O)N[C@@H](CO)C(=O)N[C@@H](CO)C(=O)N[C@@H](CO)C(=O)N[C@@H](Cc1cnc[nH]1)C(=O)N[C@@H](CC(N)=O)C(=O)N[C@@H](Cc1c[nH]c2ccccc12)C(=O)NCC(=O)N[C@@H](CC(N)=O)C(=O)O. The second-order valence-electron chi connectivity index (χ2n) is 19.6. The molecule has 27 N–H and O–H groups in total. The van der Waals surface area contributed by atoms with Gasteiger partial charge in [0.15, 0.2) is 0 Å². The number of aliphatic hydroxyl groups is 4. The number of nitrogens with zero attached hydrogens (tertiary/aromatic N) is 1. The highest BCUT2D eigenvalue weighted by Crippen LogP contribution is 2.19. The summed E-state index contributed by atoms with van der Waals surface area (Å²) < 4.78 is 0. The highest BCUT2D eigenvalue weighted by Gasteiger charge is 2.36. The molecule has 1 aromatic carbocycles. The molecule has 2 aromatic heterocycles. The molecule has 0 saturated carbocycles. The first kappa shape index (κ1) is 73.5. The first-order valence-electron chi connectivity index (χ1n) is 26.8. The van der Waals surface area contributed by atoms with Crippen LogP contribution in [0.2, 0.25) is 0 Å². The number of benzene rings is 1. The molecule has 0 aliphatic heterocycles. The van der Waals surface area contributed by atoms with Crippen molar-refractivity contribution in [3.05, 3.63) is 54.2 Å². The van der Waals surface area contributed by atoms with Crippen molar-refractivity contribution in [2.75, 3.05) is 46.0 Å². The second kappa shape index (κ2) is 36.4. The van der Waals surface area contributed by atoms with E-state index in [9.17, 15) is 102 Å². The van der Waals surface area contributed by atoms with Crippen molar-refractivity contribution in [3.8, 4) is 0 Å². The minimum Gasteiger partial charge on any atom is -0.480 e. The molecular weight excluding hydrogens is 1200 g/mol. The number of aromatic nitrogens is 3. The van der Waals surface area contributed by atoms with Gasteiger partial charge in [-0.2, -0.15) is 0 Å². The van der Waals surface area contributed by atoms with Crippen LogP contribution in [0.25, 0.3) is 10.9 Å². The van der Waals surface area contributed by atoms with E-state index in [1.54, 1.807) is 24.3 Å². The number of imidazole rings is 1. The molecule has 3 aromatic rings. The Kier molecular flexibility index (Phi) is 29.8. The number of carboxylic acid groups (broad SMARTS) is 1. The molecular formula is C50H71N19O21. The summed E-state index contributed by atoms with van der Waals surface area (Å²) in [5.74, 6) is -19.0. The van der Waals surface area contributed by atoms with Gasteiger partial charge in [0.25, 0.3) is 0 Å². The van der Waals surface area contributed by atoms with E-state index in [0.717, 1.165) is 6.92 Å².